The van der Waals surface area contributed by atoms with Crippen molar-refractivity contribution in [2.24, 2.45) is 0 Å². The summed E-state index contributed by atoms with van der Waals surface area (Å²) in [6.45, 7) is 1.96. The number of hydrogen-bond acceptors (Lipinski definition) is 4. The number of nitrogens with zero attached hydrogens (tertiary/aromatic N) is 1. The SMILES string of the molecule is Cc1ccc(C(=O)NC(=S)Nc2cc(-c3nc4ccccc4o3)ccc2Cl)cc1. The van der Waals surface area contributed by atoms with Gasteiger partial charge in [0.1, 0.15) is 5.52 Å². The van der Waals surface area contributed by atoms with Crippen LogP contribution in [0.3, 0.4) is 0 Å². The van der Waals surface area contributed by atoms with Crippen LogP contribution in [0.1, 0.15) is 15.9 Å². The number of amides is 1. The molecule has 1 heterocycles. The van der Waals surface area contributed by atoms with E-state index in [1.165, 1.54) is 0 Å². The van der Waals surface area contributed by atoms with Gasteiger partial charge in [-0.05, 0) is 61.6 Å². The van der Waals surface area contributed by atoms with Crippen LogP contribution in [-0.2, 0) is 0 Å². The number of hydrogen-bond donors (Lipinski definition) is 2. The fraction of sp³-hybridized carbons (Fsp3) is 0.0455. The molecule has 4 rings (SSSR count). The van der Waals surface area contributed by atoms with E-state index in [-0.39, 0.29) is 11.0 Å². The highest BCUT2D eigenvalue weighted by atomic mass is 35.5. The predicted molar refractivity (Wildman–Crippen MR) is 119 cm³/mol. The Bertz CT molecular complexity index is 1190. The first-order valence-corrected chi connectivity index (χ1v) is 9.63. The van der Waals surface area contributed by atoms with E-state index in [1.807, 2.05) is 49.4 Å². The number of anilines is 1. The van der Waals surface area contributed by atoms with Gasteiger partial charge in [0.15, 0.2) is 10.7 Å². The van der Waals surface area contributed by atoms with Crippen molar-refractivity contribution >= 4 is 51.6 Å². The first-order chi connectivity index (χ1) is 14.0. The average molecular weight is 422 g/mol. The van der Waals surface area contributed by atoms with Gasteiger partial charge >= 0.3 is 0 Å². The molecule has 0 radical (unpaired) electrons. The zero-order valence-corrected chi connectivity index (χ0v) is 17.0. The average Bonchev–Trinajstić information content (AvgIpc) is 3.14. The lowest BCUT2D eigenvalue weighted by Gasteiger charge is -2.12. The number of aryl methyl sites for hydroxylation is 1. The summed E-state index contributed by atoms with van der Waals surface area (Å²) < 4.78 is 5.80. The Labute approximate surface area is 177 Å². The molecule has 2 N–H and O–H groups in total. The number of halogens is 1. The van der Waals surface area contributed by atoms with Crippen molar-refractivity contribution in [3.8, 4) is 11.5 Å². The smallest absolute Gasteiger partial charge is 0.257 e. The molecule has 0 aliphatic rings. The van der Waals surface area contributed by atoms with Crippen LogP contribution in [0.2, 0.25) is 5.02 Å². The van der Waals surface area contributed by atoms with Gasteiger partial charge < -0.3 is 9.73 Å². The third kappa shape index (κ3) is 4.29. The third-order valence-corrected chi connectivity index (χ3v) is 4.83. The molecule has 4 aromatic rings. The van der Waals surface area contributed by atoms with Gasteiger partial charge in [0.05, 0.1) is 10.7 Å². The van der Waals surface area contributed by atoms with Gasteiger partial charge in [0.2, 0.25) is 5.89 Å². The molecule has 1 aromatic heterocycles. The number of aromatic nitrogens is 1. The van der Waals surface area contributed by atoms with E-state index < -0.39 is 0 Å². The normalized spacial score (nSPS) is 10.7. The second-order valence-electron chi connectivity index (χ2n) is 6.46. The minimum Gasteiger partial charge on any atom is -0.436 e. The Morgan fingerprint density at radius 2 is 1.83 bits per heavy atom. The molecule has 29 heavy (non-hydrogen) atoms. The highest BCUT2D eigenvalue weighted by molar-refractivity contribution is 7.80. The number of carbonyl (C=O) groups excluding carboxylic acids is 1. The summed E-state index contributed by atoms with van der Waals surface area (Å²) in [7, 11) is 0. The Kier molecular flexibility index (Phi) is 5.29. The lowest BCUT2D eigenvalue weighted by Crippen LogP contribution is -2.34. The Balaban J connectivity index is 1.52. The maximum Gasteiger partial charge on any atom is 0.257 e. The number of thiocarbonyl (C=S) groups is 1. The van der Waals surface area contributed by atoms with Gasteiger partial charge in [-0.1, -0.05) is 41.4 Å². The van der Waals surface area contributed by atoms with Crippen molar-refractivity contribution in [2.75, 3.05) is 5.32 Å². The van der Waals surface area contributed by atoms with Crippen molar-refractivity contribution in [1.29, 1.82) is 0 Å². The molecule has 0 spiro atoms. The van der Waals surface area contributed by atoms with Crippen molar-refractivity contribution in [1.82, 2.24) is 10.3 Å². The standard InChI is InChI=1S/C22H16ClN3O2S/c1-13-6-8-14(9-7-13)20(27)26-22(29)25-18-12-15(10-11-16(18)23)21-24-17-4-2-3-5-19(17)28-21/h2-12H,1H3,(H2,25,26,27,29). The predicted octanol–water partition coefficient (Wildman–Crippen LogP) is 5.58. The van der Waals surface area contributed by atoms with Crippen molar-refractivity contribution < 1.29 is 9.21 Å². The van der Waals surface area contributed by atoms with Crippen molar-refractivity contribution in [3.05, 3.63) is 82.9 Å². The summed E-state index contributed by atoms with van der Waals surface area (Å²) in [6, 6.07) is 20.1. The first kappa shape index (κ1) is 19.1. The highest BCUT2D eigenvalue weighted by Gasteiger charge is 2.13. The number of fused-ring (bicyclic) bond motifs is 1. The van der Waals surface area contributed by atoms with Gasteiger partial charge in [-0.15, -0.1) is 0 Å². The van der Waals surface area contributed by atoms with Crippen LogP contribution in [0.15, 0.2) is 71.1 Å². The van der Waals surface area contributed by atoms with Crippen LogP contribution in [0, 0.1) is 6.92 Å². The molecule has 0 bridgehead atoms. The number of para-hydroxylation sites is 2. The number of oxazole rings is 1. The summed E-state index contributed by atoms with van der Waals surface area (Å²) in [4.78, 5) is 16.8. The fourth-order valence-electron chi connectivity index (χ4n) is 2.78. The molecule has 0 atom stereocenters. The summed E-state index contributed by atoms with van der Waals surface area (Å²) in [6.07, 6.45) is 0. The minimum absolute atomic E-state index is 0.146. The number of nitrogens with one attached hydrogen (secondary N) is 2. The van der Waals surface area contributed by atoms with Crippen LogP contribution >= 0.6 is 23.8 Å². The van der Waals surface area contributed by atoms with Crippen LogP contribution in [0.4, 0.5) is 5.69 Å². The zero-order chi connectivity index (χ0) is 20.4. The van der Waals surface area contributed by atoms with E-state index in [4.69, 9.17) is 28.2 Å². The molecule has 0 aliphatic carbocycles. The molecular formula is C22H16ClN3O2S. The molecule has 5 nitrogen and oxygen atoms in total. The number of carbonyl (C=O) groups is 1. The van der Waals surface area contributed by atoms with Crippen LogP contribution < -0.4 is 10.6 Å². The number of rotatable bonds is 3. The maximum atomic E-state index is 12.3. The Morgan fingerprint density at radius 1 is 1.07 bits per heavy atom. The van der Waals surface area contributed by atoms with Gasteiger partial charge in [0.25, 0.3) is 5.91 Å². The summed E-state index contributed by atoms with van der Waals surface area (Å²) >= 11 is 11.6. The zero-order valence-electron chi connectivity index (χ0n) is 15.4. The molecule has 0 aliphatic heterocycles. The quantitative estimate of drug-likeness (QED) is 0.422. The monoisotopic (exact) mass is 421 g/mol. The maximum absolute atomic E-state index is 12.3. The molecule has 1 amide bonds. The summed E-state index contributed by atoms with van der Waals surface area (Å²) in [5, 5.41) is 6.22. The largest absolute Gasteiger partial charge is 0.436 e. The van der Waals surface area contributed by atoms with Gasteiger partial charge in [-0.25, -0.2) is 4.98 Å². The second-order valence-corrected chi connectivity index (χ2v) is 7.27. The van der Waals surface area contributed by atoms with Crippen molar-refractivity contribution in [3.63, 3.8) is 0 Å². The molecule has 0 unspecified atom stereocenters. The number of benzene rings is 3. The molecule has 0 saturated carbocycles. The van der Waals surface area contributed by atoms with Gasteiger partial charge in [0, 0.05) is 11.1 Å². The van der Waals surface area contributed by atoms with E-state index >= 15 is 0 Å². The lowest BCUT2D eigenvalue weighted by atomic mass is 10.1. The molecule has 0 fully saturated rings. The molecule has 7 heteroatoms. The molecular weight excluding hydrogens is 406 g/mol. The van der Waals surface area contributed by atoms with E-state index in [2.05, 4.69) is 15.6 Å². The highest BCUT2D eigenvalue weighted by Crippen LogP contribution is 2.30. The minimum atomic E-state index is -0.297. The van der Waals surface area contributed by atoms with Crippen LogP contribution in [0.5, 0.6) is 0 Å². The summed E-state index contributed by atoms with van der Waals surface area (Å²) in [5.41, 5.74) is 4.35. The van der Waals surface area contributed by atoms with Gasteiger partial charge in [-0.3, -0.25) is 10.1 Å². The fourth-order valence-corrected chi connectivity index (χ4v) is 3.15. The molecule has 3 aromatic carbocycles. The molecule has 0 saturated heterocycles. The Hall–Kier alpha value is -3.22. The van der Waals surface area contributed by atoms with Crippen LogP contribution in [0.25, 0.3) is 22.6 Å². The van der Waals surface area contributed by atoms with Crippen molar-refractivity contribution in [2.45, 2.75) is 6.92 Å². The van der Waals surface area contributed by atoms with E-state index in [9.17, 15) is 4.79 Å². The lowest BCUT2D eigenvalue weighted by molar-refractivity contribution is 0.0977. The Morgan fingerprint density at radius 3 is 2.59 bits per heavy atom. The van der Waals surface area contributed by atoms with Crippen LogP contribution in [-0.4, -0.2) is 16.0 Å². The van der Waals surface area contributed by atoms with E-state index in [1.54, 1.807) is 24.3 Å². The van der Waals surface area contributed by atoms with E-state index in [0.29, 0.717) is 27.7 Å². The van der Waals surface area contributed by atoms with Gasteiger partial charge in [-0.2, -0.15) is 0 Å². The summed E-state index contributed by atoms with van der Waals surface area (Å²) in [5.74, 6) is 0.175. The first-order valence-electron chi connectivity index (χ1n) is 8.84. The second kappa shape index (κ2) is 8.03. The third-order valence-electron chi connectivity index (χ3n) is 4.30. The van der Waals surface area contributed by atoms with E-state index in [0.717, 1.165) is 16.6 Å². The molecule has 144 valence electrons. The topological polar surface area (TPSA) is 67.2 Å².